The molecule has 3 heterocycles. The molecule has 0 saturated carbocycles. The van der Waals surface area contributed by atoms with Gasteiger partial charge >= 0.3 is 0 Å². The van der Waals surface area contributed by atoms with Gasteiger partial charge in [-0.3, -0.25) is 19.3 Å². The predicted molar refractivity (Wildman–Crippen MR) is 88.0 cm³/mol. The summed E-state index contributed by atoms with van der Waals surface area (Å²) in [4.78, 5) is 30.0. The van der Waals surface area contributed by atoms with Gasteiger partial charge in [0.05, 0.1) is 23.5 Å². The Morgan fingerprint density at radius 1 is 1.33 bits per heavy atom. The molecule has 7 nitrogen and oxygen atoms in total. The zero-order valence-electron chi connectivity index (χ0n) is 13.9. The second-order valence-electron chi connectivity index (χ2n) is 6.06. The summed E-state index contributed by atoms with van der Waals surface area (Å²) in [6.45, 7) is 2.68. The van der Waals surface area contributed by atoms with Crippen LogP contribution in [0.4, 0.5) is 0 Å². The van der Waals surface area contributed by atoms with Crippen molar-refractivity contribution in [3.8, 4) is 0 Å². The first-order valence-corrected chi connectivity index (χ1v) is 8.03. The number of hydrogen-bond donors (Lipinski definition) is 1. The Bertz CT molecular complexity index is 738. The first-order valence-electron chi connectivity index (χ1n) is 8.03. The molecular weight excluding hydrogens is 306 g/mol. The standard InChI is InChI=1S/C17H21N5O2/c1-12(23)18-8-13-5-6-15(19-9-13)16-4-3-7-22(16)17(24)14-10-20-21(2)11-14/h5-6,9-11,16H,3-4,7-8H2,1-2H3,(H,18,23)/t16-/m1/s1. The van der Waals surface area contributed by atoms with Gasteiger partial charge in [0.25, 0.3) is 5.91 Å². The Balaban J connectivity index is 1.73. The molecule has 2 aromatic heterocycles. The van der Waals surface area contributed by atoms with Crippen LogP contribution in [-0.2, 0) is 18.4 Å². The van der Waals surface area contributed by atoms with Crippen molar-refractivity contribution < 1.29 is 9.59 Å². The highest BCUT2D eigenvalue weighted by Gasteiger charge is 2.31. The van der Waals surface area contributed by atoms with Gasteiger partial charge in [-0.25, -0.2) is 0 Å². The summed E-state index contributed by atoms with van der Waals surface area (Å²) in [6, 6.07) is 3.88. The molecule has 126 valence electrons. The summed E-state index contributed by atoms with van der Waals surface area (Å²) in [5, 5.41) is 6.82. The van der Waals surface area contributed by atoms with E-state index in [4.69, 9.17) is 0 Å². The molecule has 0 bridgehead atoms. The average molecular weight is 327 g/mol. The molecule has 1 aliphatic rings. The fraction of sp³-hybridized carbons (Fsp3) is 0.412. The Kier molecular flexibility index (Phi) is 4.59. The van der Waals surface area contributed by atoms with Crippen LogP contribution < -0.4 is 5.32 Å². The van der Waals surface area contributed by atoms with Crippen LogP contribution >= 0.6 is 0 Å². The first kappa shape index (κ1) is 16.2. The minimum absolute atomic E-state index is 0.00489. The van der Waals surface area contributed by atoms with Gasteiger partial charge < -0.3 is 10.2 Å². The van der Waals surface area contributed by atoms with Crippen LogP contribution in [0.2, 0.25) is 0 Å². The van der Waals surface area contributed by atoms with Crippen molar-refractivity contribution in [1.82, 2.24) is 25.0 Å². The molecular formula is C17H21N5O2. The molecule has 0 unspecified atom stereocenters. The van der Waals surface area contributed by atoms with Crippen molar-refractivity contribution in [3.05, 3.63) is 47.5 Å². The number of aryl methyl sites for hydroxylation is 1. The predicted octanol–water partition coefficient (Wildman–Crippen LogP) is 1.43. The van der Waals surface area contributed by atoms with Gasteiger partial charge in [-0.1, -0.05) is 6.07 Å². The smallest absolute Gasteiger partial charge is 0.257 e. The van der Waals surface area contributed by atoms with E-state index in [9.17, 15) is 9.59 Å². The summed E-state index contributed by atoms with van der Waals surface area (Å²) >= 11 is 0. The summed E-state index contributed by atoms with van der Waals surface area (Å²) in [6.07, 6.45) is 6.97. The quantitative estimate of drug-likeness (QED) is 0.921. The maximum Gasteiger partial charge on any atom is 0.257 e. The van der Waals surface area contributed by atoms with Gasteiger partial charge in [0.15, 0.2) is 0 Å². The maximum absolute atomic E-state index is 12.7. The SMILES string of the molecule is CC(=O)NCc1ccc([C@H]2CCCN2C(=O)c2cnn(C)c2)nc1. The lowest BCUT2D eigenvalue weighted by Gasteiger charge is -2.24. The van der Waals surface area contributed by atoms with Crippen LogP contribution in [0.1, 0.15) is 47.4 Å². The molecule has 1 N–H and O–H groups in total. The molecule has 2 aromatic rings. The van der Waals surface area contributed by atoms with Gasteiger partial charge in [-0.05, 0) is 24.5 Å². The number of carbonyl (C=O) groups excluding carboxylic acids is 2. The topological polar surface area (TPSA) is 80.1 Å². The van der Waals surface area contributed by atoms with Crippen LogP contribution in [0.3, 0.4) is 0 Å². The van der Waals surface area contributed by atoms with E-state index in [2.05, 4.69) is 15.4 Å². The van der Waals surface area contributed by atoms with Crippen molar-refractivity contribution in [2.24, 2.45) is 7.05 Å². The average Bonchev–Trinajstić information content (AvgIpc) is 3.22. The van der Waals surface area contributed by atoms with Gasteiger partial charge in [-0.15, -0.1) is 0 Å². The van der Waals surface area contributed by atoms with E-state index >= 15 is 0 Å². The molecule has 7 heteroatoms. The highest BCUT2D eigenvalue weighted by atomic mass is 16.2. The zero-order chi connectivity index (χ0) is 17.1. The normalized spacial score (nSPS) is 17.1. The van der Waals surface area contributed by atoms with Crippen LogP contribution in [0, 0.1) is 0 Å². The largest absolute Gasteiger partial charge is 0.352 e. The van der Waals surface area contributed by atoms with E-state index in [1.807, 2.05) is 17.0 Å². The molecule has 3 rings (SSSR count). The minimum Gasteiger partial charge on any atom is -0.352 e. The molecule has 1 atom stereocenters. The fourth-order valence-corrected chi connectivity index (χ4v) is 2.98. The van der Waals surface area contributed by atoms with E-state index < -0.39 is 0 Å². The van der Waals surface area contributed by atoms with Gasteiger partial charge in [0, 0.05) is 39.5 Å². The number of hydrogen-bond acceptors (Lipinski definition) is 4. The maximum atomic E-state index is 12.7. The number of aromatic nitrogens is 3. The Morgan fingerprint density at radius 2 is 2.17 bits per heavy atom. The van der Waals surface area contributed by atoms with Crippen molar-refractivity contribution in [1.29, 1.82) is 0 Å². The van der Waals surface area contributed by atoms with E-state index in [-0.39, 0.29) is 17.9 Å². The monoisotopic (exact) mass is 327 g/mol. The number of nitrogens with one attached hydrogen (secondary N) is 1. The van der Waals surface area contributed by atoms with Crippen LogP contribution in [0.5, 0.6) is 0 Å². The summed E-state index contributed by atoms with van der Waals surface area (Å²) < 4.78 is 1.63. The summed E-state index contributed by atoms with van der Waals surface area (Å²) in [7, 11) is 1.80. The van der Waals surface area contributed by atoms with Gasteiger partial charge in [0.1, 0.15) is 0 Å². The van der Waals surface area contributed by atoms with E-state index in [0.29, 0.717) is 12.1 Å². The molecule has 1 fully saturated rings. The minimum atomic E-state index is -0.0666. The van der Waals surface area contributed by atoms with Gasteiger partial charge in [0.2, 0.25) is 5.91 Å². The Labute approximate surface area is 140 Å². The molecule has 0 radical (unpaired) electrons. The molecule has 0 spiro atoms. The third-order valence-corrected chi connectivity index (χ3v) is 4.20. The summed E-state index contributed by atoms with van der Waals surface area (Å²) in [5.74, 6) is -0.0714. The molecule has 2 amide bonds. The number of amides is 2. The Morgan fingerprint density at radius 3 is 2.79 bits per heavy atom. The fourth-order valence-electron chi connectivity index (χ4n) is 2.98. The van der Waals surface area contributed by atoms with E-state index in [0.717, 1.165) is 30.6 Å². The number of pyridine rings is 1. The molecule has 0 aromatic carbocycles. The van der Waals surface area contributed by atoms with E-state index in [1.54, 1.807) is 30.3 Å². The number of carbonyl (C=O) groups is 2. The number of rotatable bonds is 4. The van der Waals surface area contributed by atoms with Crippen molar-refractivity contribution in [2.75, 3.05) is 6.54 Å². The van der Waals surface area contributed by atoms with E-state index in [1.165, 1.54) is 6.92 Å². The highest BCUT2D eigenvalue weighted by Crippen LogP contribution is 2.32. The highest BCUT2D eigenvalue weighted by molar-refractivity contribution is 5.94. The van der Waals surface area contributed by atoms with Crippen molar-refractivity contribution >= 4 is 11.8 Å². The van der Waals surface area contributed by atoms with Crippen molar-refractivity contribution in [2.45, 2.75) is 32.4 Å². The van der Waals surface area contributed by atoms with Gasteiger partial charge in [-0.2, -0.15) is 5.10 Å². The van der Waals surface area contributed by atoms with Crippen molar-refractivity contribution in [3.63, 3.8) is 0 Å². The zero-order valence-corrected chi connectivity index (χ0v) is 13.9. The number of nitrogens with zero attached hydrogens (tertiary/aromatic N) is 4. The Hall–Kier alpha value is -2.70. The molecule has 24 heavy (non-hydrogen) atoms. The third kappa shape index (κ3) is 3.45. The lowest BCUT2D eigenvalue weighted by Crippen LogP contribution is -2.30. The summed E-state index contributed by atoms with van der Waals surface area (Å²) in [5.41, 5.74) is 2.43. The molecule has 1 aliphatic heterocycles. The lowest BCUT2D eigenvalue weighted by molar-refractivity contribution is -0.119. The molecule has 1 saturated heterocycles. The van der Waals surface area contributed by atoms with Crippen LogP contribution in [-0.4, -0.2) is 38.0 Å². The number of likely N-dealkylation sites (tertiary alicyclic amines) is 1. The second kappa shape index (κ2) is 6.82. The lowest BCUT2D eigenvalue weighted by atomic mass is 10.1. The first-order chi connectivity index (χ1) is 11.5. The van der Waals surface area contributed by atoms with Crippen LogP contribution in [0.15, 0.2) is 30.7 Å². The third-order valence-electron chi connectivity index (χ3n) is 4.20. The van der Waals surface area contributed by atoms with Crippen LogP contribution in [0.25, 0.3) is 0 Å². The molecule has 0 aliphatic carbocycles. The second-order valence-corrected chi connectivity index (χ2v) is 6.06.